The van der Waals surface area contributed by atoms with Crippen LogP contribution in [-0.4, -0.2) is 55.4 Å². The Hall–Kier alpha value is -4.98. The Kier molecular flexibility index (Phi) is 10.9. The van der Waals surface area contributed by atoms with E-state index < -0.39 is 0 Å². The maximum atomic E-state index is 5.65. The monoisotopic (exact) mass is 633 g/mol. The van der Waals surface area contributed by atoms with Crippen LogP contribution in [0, 0.1) is 0 Å². The number of methoxy groups -OCH3 is 2. The maximum Gasteiger partial charge on any atom is 0.344 e. The predicted molar refractivity (Wildman–Crippen MR) is 194 cm³/mol. The number of aliphatic imine (C=N–C) groups is 3. The van der Waals surface area contributed by atoms with Crippen LogP contribution in [-0.2, 0) is 34.4 Å². The van der Waals surface area contributed by atoms with Gasteiger partial charge in [0.05, 0.1) is 39.7 Å². The molecule has 246 valence electrons. The summed E-state index contributed by atoms with van der Waals surface area (Å²) in [7, 11) is 10.8. The van der Waals surface area contributed by atoms with Gasteiger partial charge >= 0.3 is 11.7 Å². The predicted octanol–water partition coefficient (Wildman–Crippen LogP) is 7.42. The molecule has 0 N–H and O–H groups in total. The third-order valence-electron chi connectivity index (χ3n) is 8.97. The summed E-state index contributed by atoms with van der Waals surface area (Å²) in [5, 5.41) is 0. The van der Waals surface area contributed by atoms with E-state index in [1.54, 1.807) is 32.4 Å². The summed E-state index contributed by atoms with van der Waals surface area (Å²) >= 11 is 0. The minimum Gasteiger partial charge on any atom is -0.478 e. The van der Waals surface area contributed by atoms with Gasteiger partial charge in [0.2, 0.25) is 0 Å². The van der Waals surface area contributed by atoms with Crippen LogP contribution in [0.5, 0.6) is 0 Å². The SMILES string of the molecule is C=CN(C)C(=NC)C(=Nc1ccc(C(C)(C)C2=CCC=C(C(C)(C)c3ccc(N=C(OC)c4n(C)cc[n+]4C)cc3)C=C2)cc1)OC. The van der Waals surface area contributed by atoms with Crippen molar-refractivity contribution < 1.29 is 14.0 Å². The van der Waals surface area contributed by atoms with Gasteiger partial charge in [-0.1, -0.05) is 82.8 Å². The van der Waals surface area contributed by atoms with Gasteiger partial charge in [0.1, 0.15) is 12.4 Å². The number of amidine groups is 1. The zero-order chi connectivity index (χ0) is 34.4. The Bertz CT molecular complexity index is 1740. The first-order valence-corrected chi connectivity index (χ1v) is 15.8. The van der Waals surface area contributed by atoms with Crippen LogP contribution in [0.25, 0.3) is 0 Å². The van der Waals surface area contributed by atoms with Crippen LogP contribution in [0.4, 0.5) is 11.4 Å². The summed E-state index contributed by atoms with van der Waals surface area (Å²) in [6.07, 6.45) is 15.7. The molecule has 0 aliphatic heterocycles. The number of rotatable bonds is 8. The molecule has 1 aliphatic rings. The number of hydrogen-bond acceptors (Lipinski definition) is 5. The van der Waals surface area contributed by atoms with E-state index in [4.69, 9.17) is 19.5 Å². The Labute approximate surface area is 280 Å². The Morgan fingerprint density at radius 3 is 1.79 bits per heavy atom. The van der Waals surface area contributed by atoms with Gasteiger partial charge in [0, 0.05) is 24.9 Å². The van der Waals surface area contributed by atoms with Crippen LogP contribution in [0.15, 0.2) is 124 Å². The Balaban J connectivity index is 1.52. The average molecular weight is 634 g/mol. The second-order valence-electron chi connectivity index (χ2n) is 12.7. The quantitative estimate of drug-likeness (QED) is 0.147. The van der Waals surface area contributed by atoms with Crippen LogP contribution in [0.3, 0.4) is 0 Å². The zero-order valence-corrected chi connectivity index (χ0v) is 29.6. The molecule has 4 rings (SSSR count). The topological polar surface area (TPSA) is 67.6 Å². The van der Waals surface area contributed by atoms with E-state index in [2.05, 4.69) is 100.0 Å². The van der Waals surface area contributed by atoms with Crippen LogP contribution in [0.1, 0.15) is 51.1 Å². The van der Waals surface area contributed by atoms with Crippen LogP contribution < -0.4 is 4.57 Å². The number of imidazole rings is 1. The molecule has 0 radical (unpaired) electrons. The molecule has 0 saturated heterocycles. The van der Waals surface area contributed by atoms with Gasteiger partial charge in [-0.25, -0.2) is 19.1 Å². The summed E-state index contributed by atoms with van der Waals surface area (Å²) in [5.41, 5.74) is 6.21. The molecule has 0 bridgehead atoms. The van der Waals surface area contributed by atoms with Gasteiger partial charge in [-0.15, -0.1) is 0 Å². The highest BCUT2D eigenvalue weighted by Gasteiger charge is 2.28. The fourth-order valence-electron chi connectivity index (χ4n) is 5.78. The number of aryl methyl sites for hydroxylation is 2. The van der Waals surface area contributed by atoms with Gasteiger partial charge in [-0.05, 0) is 59.2 Å². The molecule has 0 amide bonds. The zero-order valence-electron chi connectivity index (χ0n) is 29.6. The fourth-order valence-corrected chi connectivity index (χ4v) is 5.78. The molecule has 0 fully saturated rings. The summed E-state index contributed by atoms with van der Waals surface area (Å²) in [6, 6.07) is 16.8. The van der Waals surface area contributed by atoms with Crippen molar-refractivity contribution in [2.45, 2.75) is 44.9 Å². The number of likely N-dealkylation sites (N-methyl/N-ethyl adjacent to an activating group) is 1. The van der Waals surface area contributed by atoms with E-state index >= 15 is 0 Å². The number of aromatic nitrogens is 2. The number of nitrogens with zero attached hydrogens (tertiary/aromatic N) is 6. The van der Waals surface area contributed by atoms with Crippen LogP contribution >= 0.6 is 0 Å². The molecule has 1 heterocycles. The molecule has 0 saturated carbocycles. The molecule has 0 atom stereocenters. The number of ether oxygens (including phenoxy) is 2. The molecule has 8 heteroatoms. The Morgan fingerprint density at radius 1 is 0.872 bits per heavy atom. The fraction of sp³-hybridized carbons (Fsp3) is 0.333. The molecule has 3 aromatic rings. The second kappa shape index (κ2) is 14.6. The van der Waals surface area contributed by atoms with E-state index in [9.17, 15) is 0 Å². The van der Waals surface area contributed by atoms with E-state index in [0.29, 0.717) is 17.6 Å². The second-order valence-corrected chi connectivity index (χ2v) is 12.7. The largest absolute Gasteiger partial charge is 0.478 e. The smallest absolute Gasteiger partial charge is 0.344 e. The lowest BCUT2D eigenvalue weighted by atomic mass is 9.75. The number of benzene rings is 2. The molecular formula is C39H49N6O2+. The first kappa shape index (κ1) is 34.9. The summed E-state index contributed by atoms with van der Waals surface area (Å²) < 4.78 is 15.2. The highest BCUT2D eigenvalue weighted by Crippen LogP contribution is 2.39. The summed E-state index contributed by atoms with van der Waals surface area (Å²) in [4.78, 5) is 15.6. The van der Waals surface area contributed by atoms with E-state index in [0.717, 1.165) is 23.6 Å². The van der Waals surface area contributed by atoms with Crippen molar-refractivity contribution >= 4 is 29.0 Å². The standard InChI is InChI=1S/C39H49N6O2/c1-12-43(7)34(40-6)35(46-10)41-32-22-18-30(19-23-32)38(2,3)28-14-13-15-29(17-16-28)39(4,5)31-20-24-33(25-21-31)42-36(47-11)37-44(8)26-27-45(37)9/h12,14-27H,1,13H2,2-11H3/q+1. The number of hydrogen-bond donors (Lipinski definition) is 0. The number of allylic oxidation sites excluding steroid dienone is 6. The minimum absolute atomic E-state index is 0.195. The molecule has 0 unspecified atom stereocenters. The van der Waals surface area contributed by atoms with Crippen molar-refractivity contribution in [2.75, 3.05) is 28.3 Å². The summed E-state index contributed by atoms with van der Waals surface area (Å²) in [6.45, 7) is 12.9. The van der Waals surface area contributed by atoms with Crippen molar-refractivity contribution in [3.05, 3.63) is 126 Å². The van der Waals surface area contributed by atoms with Crippen LogP contribution in [0.2, 0.25) is 0 Å². The van der Waals surface area contributed by atoms with Gasteiger partial charge in [0.15, 0.2) is 5.84 Å². The lowest BCUT2D eigenvalue weighted by Gasteiger charge is -2.28. The normalized spacial score (nSPS) is 14.7. The van der Waals surface area contributed by atoms with Gasteiger partial charge in [0.25, 0.3) is 5.90 Å². The molecule has 0 spiro atoms. The van der Waals surface area contributed by atoms with Crippen molar-refractivity contribution in [1.29, 1.82) is 0 Å². The third kappa shape index (κ3) is 7.54. The first-order chi connectivity index (χ1) is 22.4. The summed E-state index contributed by atoms with van der Waals surface area (Å²) in [5.74, 6) is 2.50. The molecule has 2 aromatic carbocycles. The average Bonchev–Trinajstić information content (AvgIpc) is 3.24. The molecular weight excluding hydrogens is 584 g/mol. The minimum atomic E-state index is -0.205. The van der Waals surface area contributed by atoms with Gasteiger partial charge < -0.3 is 14.4 Å². The third-order valence-corrected chi connectivity index (χ3v) is 8.97. The molecule has 1 aromatic heterocycles. The van der Waals surface area contributed by atoms with E-state index in [-0.39, 0.29) is 10.8 Å². The van der Waals surface area contributed by atoms with Crippen molar-refractivity contribution in [2.24, 2.45) is 29.1 Å². The lowest BCUT2D eigenvalue weighted by molar-refractivity contribution is -0.672. The van der Waals surface area contributed by atoms with E-state index in [1.807, 2.05) is 54.8 Å². The van der Waals surface area contributed by atoms with Gasteiger partial charge in [-0.2, -0.15) is 0 Å². The highest BCUT2D eigenvalue weighted by atomic mass is 16.5. The van der Waals surface area contributed by atoms with E-state index in [1.165, 1.54) is 22.3 Å². The molecule has 8 nitrogen and oxygen atoms in total. The van der Waals surface area contributed by atoms with Crippen molar-refractivity contribution in [1.82, 2.24) is 9.47 Å². The van der Waals surface area contributed by atoms with Crippen molar-refractivity contribution in [3.8, 4) is 0 Å². The Morgan fingerprint density at radius 2 is 1.38 bits per heavy atom. The first-order valence-electron chi connectivity index (χ1n) is 15.8. The lowest BCUT2D eigenvalue weighted by Crippen LogP contribution is -2.35. The van der Waals surface area contributed by atoms with Gasteiger partial charge in [-0.3, -0.25) is 4.99 Å². The molecule has 1 aliphatic carbocycles. The molecule has 47 heavy (non-hydrogen) atoms. The maximum absolute atomic E-state index is 5.65. The highest BCUT2D eigenvalue weighted by molar-refractivity contribution is 6.38. The van der Waals surface area contributed by atoms with Crippen molar-refractivity contribution in [3.63, 3.8) is 0 Å².